The number of rotatable bonds is 6. The van der Waals surface area contributed by atoms with Gasteiger partial charge in [0.05, 0.1) is 5.69 Å². The minimum Gasteiger partial charge on any atom is -0.487 e. The van der Waals surface area contributed by atoms with Gasteiger partial charge in [-0.2, -0.15) is 5.10 Å². The van der Waals surface area contributed by atoms with E-state index in [1.807, 2.05) is 31.4 Å². The second-order valence-electron chi connectivity index (χ2n) is 5.18. The summed E-state index contributed by atoms with van der Waals surface area (Å²) in [6.07, 6.45) is 4.51. The molecule has 106 valence electrons. The molecule has 0 aliphatic heterocycles. The fraction of sp³-hybridized carbons (Fsp3) is 0.400. The summed E-state index contributed by atoms with van der Waals surface area (Å²) in [4.78, 5) is 0. The van der Waals surface area contributed by atoms with Gasteiger partial charge in [0.25, 0.3) is 0 Å². The Morgan fingerprint density at radius 2 is 2.25 bits per heavy atom. The zero-order chi connectivity index (χ0) is 13.9. The summed E-state index contributed by atoms with van der Waals surface area (Å²) in [5.74, 6) is 0.923. The number of halogens is 1. The molecule has 20 heavy (non-hydrogen) atoms. The first-order valence-electron chi connectivity index (χ1n) is 6.84. The summed E-state index contributed by atoms with van der Waals surface area (Å²) < 4.78 is 8.77. The topological polar surface area (TPSA) is 39.1 Å². The molecule has 1 saturated carbocycles. The van der Waals surface area contributed by atoms with Gasteiger partial charge in [-0.05, 0) is 37.1 Å². The fourth-order valence-corrected chi connectivity index (χ4v) is 2.47. The Hall–Kier alpha value is -1.33. The van der Waals surface area contributed by atoms with Gasteiger partial charge in [0.2, 0.25) is 0 Å². The zero-order valence-corrected chi connectivity index (χ0v) is 13.1. The Morgan fingerprint density at radius 3 is 2.95 bits per heavy atom. The molecule has 0 radical (unpaired) electrons. The Morgan fingerprint density at radius 1 is 1.40 bits per heavy atom. The van der Waals surface area contributed by atoms with Crippen LogP contribution in [-0.2, 0) is 20.2 Å². The van der Waals surface area contributed by atoms with E-state index in [0.29, 0.717) is 12.6 Å². The van der Waals surface area contributed by atoms with Crippen LogP contribution >= 0.6 is 15.9 Å². The SMILES string of the molecule is Cn1ccc(COc2ccc(Br)cc2CNC2CC2)n1. The van der Waals surface area contributed by atoms with Crippen molar-refractivity contribution >= 4 is 15.9 Å². The van der Waals surface area contributed by atoms with Gasteiger partial charge < -0.3 is 10.1 Å². The average Bonchev–Trinajstić information content (AvgIpc) is 3.17. The third kappa shape index (κ3) is 3.61. The van der Waals surface area contributed by atoms with Crippen LogP contribution in [0.25, 0.3) is 0 Å². The smallest absolute Gasteiger partial charge is 0.132 e. The molecule has 1 aliphatic carbocycles. The summed E-state index contributed by atoms with van der Waals surface area (Å²) in [7, 11) is 1.91. The maximum absolute atomic E-state index is 5.91. The van der Waals surface area contributed by atoms with E-state index in [4.69, 9.17) is 4.74 Å². The zero-order valence-electron chi connectivity index (χ0n) is 11.5. The van der Waals surface area contributed by atoms with E-state index in [2.05, 4.69) is 32.4 Å². The van der Waals surface area contributed by atoms with E-state index in [1.165, 1.54) is 18.4 Å². The number of nitrogens with zero attached hydrogens (tertiary/aromatic N) is 2. The van der Waals surface area contributed by atoms with Crippen LogP contribution in [0.5, 0.6) is 5.75 Å². The summed E-state index contributed by atoms with van der Waals surface area (Å²) in [5, 5.41) is 7.85. The van der Waals surface area contributed by atoms with Crippen LogP contribution in [0.2, 0.25) is 0 Å². The molecule has 0 atom stereocenters. The van der Waals surface area contributed by atoms with Gasteiger partial charge in [-0.25, -0.2) is 0 Å². The van der Waals surface area contributed by atoms with Crippen molar-refractivity contribution in [1.82, 2.24) is 15.1 Å². The van der Waals surface area contributed by atoms with Crippen molar-refractivity contribution in [2.24, 2.45) is 7.05 Å². The van der Waals surface area contributed by atoms with Crippen molar-refractivity contribution in [2.75, 3.05) is 0 Å². The minimum absolute atomic E-state index is 0.499. The molecule has 0 saturated heterocycles. The van der Waals surface area contributed by atoms with Gasteiger partial charge in [0, 0.05) is 35.9 Å². The van der Waals surface area contributed by atoms with Crippen molar-refractivity contribution in [3.63, 3.8) is 0 Å². The Balaban J connectivity index is 1.66. The molecule has 0 amide bonds. The number of aryl methyl sites for hydroxylation is 1. The molecule has 0 unspecified atom stereocenters. The van der Waals surface area contributed by atoms with E-state index in [-0.39, 0.29) is 0 Å². The molecular formula is C15H18BrN3O. The standard InChI is InChI=1S/C15H18BrN3O/c1-19-7-6-14(18-19)10-20-15-5-2-12(16)8-11(15)9-17-13-3-4-13/h2,5-8,13,17H,3-4,9-10H2,1H3. The van der Waals surface area contributed by atoms with Gasteiger partial charge >= 0.3 is 0 Å². The fourth-order valence-electron chi connectivity index (χ4n) is 2.06. The summed E-state index contributed by atoms with van der Waals surface area (Å²) in [6, 6.07) is 8.80. The van der Waals surface area contributed by atoms with Gasteiger partial charge in [-0.15, -0.1) is 0 Å². The number of benzene rings is 1. The summed E-state index contributed by atoms with van der Waals surface area (Å²) in [5.41, 5.74) is 2.12. The number of nitrogens with one attached hydrogen (secondary N) is 1. The number of hydrogen-bond donors (Lipinski definition) is 1. The van der Waals surface area contributed by atoms with Crippen LogP contribution in [0.4, 0.5) is 0 Å². The van der Waals surface area contributed by atoms with Gasteiger partial charge in [-0.1, -0.05) is 15.9 Å². The molecule has 4 nitrogen and oxygen atoms in total. The molecular weight excluding hydrogens is 318 g/mol. The highest BCUT2D eigenvalue weighted by molar-refractivity contribution is 9.10. The van der Waals surface area contributed by atoms with Crippen LogP contribution < -0.4 is 10.1 Å². The summed E-state index contributed by atoms with van der Waals surface area (Å²) in [6.45, 7) is 1.35. The highest BCUT2D eigenvalue weighted by atomic mass is 79.9. The van der Waals surface area contributed by atoms with Crippen molar-refractivity contribution in [1.29, 1.82) is 0 Å². The molecule has 3 rings (SSSR count). The monoisotopic (exact) mass is 335 g/mol. The average molecular weight is 336 g/mol. The lowest BCUT2D eigenvalue weighted by molar-refractivity contribution is 0.296. The second kappa shape index (κ2) is 5.97. The van der Waals surface area contributed by atoms with E-state index in [1.54, 1.807) is 4.68 Å². The van der Waals surface area contributed by atoms with Crippen LogP contribution in [0.1, 0.15) is 24.1 Å². The van der Waals surface area contributed by atoms with Gasteiger partial charge in [0.15, 0.2) is 0 Å². The normalized spacial score (nSPS) is 14.5. The van der Waals surface area contributed by atoms with Gasteiger partial charge in [0.1, 0.15) is 12.4 Å². The third-order valence-electron chi connectivity index (χ3n) is 3.33. The number of aromatic nitrogens is 2. The molecule has 1 aromatic carbocycles. The first kappa shape index (κ1) is 13.6. The second-order valence-corrected chi connectivity index (χ2v) is 6.09. The quantitative estimate of drug-likeness (QED) is 0.881. The molecule has 2 aromatic rings. The van der Waals surface area contributed by atoms with E-state index in [9.17, 15) is 0 Å². The molecule has 1 heterocycles. The Bertz CT molecular complexity index is 593. The molecule has 1 N–H and O–H groups in total. The summed E-state index contributed by atoms with van der Waals surface area (Å²) >= 11 is 3.52. The van der Waals surface area contributed by atoms with Crippen molar-refractivity contribution in [3.8, 4) is 5.75 Å². The minimum atomic E-state index is 0.499. The van der Waals surface area contributed by atoms with Crippen molar-refractivity contribution in [2.45, 2.75) is 32.0 Å². The number of ether oxygens (including phenoxy) is 1. The third-order valence-corrected chi connectivity index (χ3v) is 3.82. The Kier molecular flexibility index (Phi) is 4.08. The highest BCUT2D eigenvalue weighted by Crippen LogP contribution is 2.26. The maximum Gasteiger partial charge on any atom is 0.132 e. The maximum atomic E-state index is 5.91. The van der Waals surface area contributed by atoms with E-state index in [0.717, 1.165) is 22.5 Å². The van der Waals surface area contributed by atoms with E-state index >= 15 is 0 Å². The lowest BCUT2D eigenvalue weighted by atomic mass is 10.2. The highest BCUT2D eigenvalue weighted by Gasteiger charge is 2.20. The number of hydrogen-bond acceptors (Lipinski definition) is 3. The van der Waals surface area contributed by atoms with Crippen molar-refractivity contribution < 1.29 is 4.74 Å². The van der Waals surface area contributed by atoms with E-state index < -0.39 is 0 Å². The molecule has 1 fully saturated rings. The van der Waals surface area contributed by atoms with Gasteiger partial charge in [-0.3, -0.25) is 4.68 Å². The van der Waals surface area contributed by atoms with Crippen LogP contribution in [-0.4, -0.2) is 15.8 Å². The lowest BCUT2D eigenvalue weighted by Gasteiger charge is -2.12. The van der Waals surface area contributed by atoms with Crippen LogP contribution in [0.3, 0.4) is 0 Å². The largest absolute Gasteiger partial charge is 0.487 e. The van der Waals surface area contributed by atoms with Crippen LogP contribution in [0.15, 0.2) is 34.9 Å². The first-order valence-corrected chi connectivity index (χ1v) is 7.63. The first-order chi connectivity index (χ1) is 9.70. The molecule has 5 heteroatoms. The lowest BCUT2D eigenvalue weighted by Crippen LogP contribution is -2.16. The Labute approximate surface area is 127 Å². The molecule has 0 bridgehead atoms. The molecule has 0 spiro atoms. The predicted molar refractivity (Wildman–Crippen MR) is 81.5 cm³/mol. The molecule has 1 aromatic heterocycles. The predicted octanol–water partition coefficient (Wildman–Crippen LogP) is 3.01. The molecule has 1 aliphatic rings. The van der Waals surface area contributed by atoms with Crippen molar-refractivity contribution in [3.05, 3.63) is 46.2 Å². The van der Waals surface area contributed by atoms with Crippen LogP contribution in [0, 0.1) is 0 Å².